The van der Waals surface area contributed by atoms with Crippen molar-refractivity contribution in [3.63, 3.8) is 0 Å². The van der Waals surface area contributed by atoms with Gasteiger partial charge in [-0.05, 0) is 42.5 Å². The molecule has 0 aliphatic heterocycles. The lowest BCUT2D eigenvalue weighted by Crippen LogP contribution is -2.02. The summed E-state index contributed by atoms with van der Waals surface area (Å²) in [7, 11) is 0. The first-order valence-electron chi connectivity index (χ1n) is 6.62. The fourth-order valence-electron chi connectivity index (χ4n) is 3.02. The van der Waals surface area contributed by atoms with Gasteiger partial charge in [-0.15, -0.1) is 0 Å². The van der Waals surface area contributed by atoms with Crippen LogP contribution in [0.3, 0.4) is 0 Å². The van der Waals surface area contributed by atoms with E-state index in [1.54, 1.807) is 0 Å². The van der Waals surface area contributed by atoms with Crippen molar-refractivity contribution in [1.82, 2.24) is 15.2 Å². The molecule has 0 spiro atoms. The Morgan fingerprint density at radius 1 is 1.05 bits per heavy atom. The Balaban J connectivity index is 2.05. The highest BCUT2D eigenvalue weighted by Crippen LogP contribution is 2.34. The van der Waals surface area contributed by atoms with E-state index in [1.807, 2.05) is 24.3 Å². The van der Waals surface area contributed by atoms with Crippen molar-refractivity contribution in [1.29, 1.82) is 0 Å². The summed E-state index contributed by atoms with van der Waals surface area (Å²) in [5.74, 6) is 0. The van der Waals surface area contributed by atoms with Crippen molar-refractivity contribution < 1.29 is 0 Å². The number of benzene rings is 1. The number of aromatic amines is 2. The first-order chi connectivity index (χ1) is 9.74. The Bertz CT molecular complexity index is 861. The maximum atomic E-state index is 11.9. The molecule has 100 valence electrons. The molecule has 0 atom stereocenters. The lowest BCUT2D eigenvalue weighted by molar-refractivity contribution is 0.912. The molecule has 0 fully saturated rings. The van der Waals surface area contributed by atoms with Crippen molar-refractivity contribution in [2.24, 2.45) is 0 Å². The molecule has 1 aromatic carbocycles. The van der Waals surface area contributed by atoms with Crippen LogP contribution in [0.2, 0.25) is 5.02 Å². The van der Waals surface area contributed by atoms with E-state index in [9.17, 15) is 4.79 Å². The second kappa shape index (κ2) is 4.21. The van der Waals surface area contributed by atoms with E-state index >= 15 is 0 Å². The largest absolute Gasteiger partial charge is 0.281 e. The van der Waals surface area contributed by atoms with Crippen LogP contribution in [0.5, 0.6) is 0 Å². The minimum Gasteiger partial charge on any atom is -0.281 e. The molecule has 1 aliphatic rings. The maximum absolute atomic E-state index is 11.9. The Morgan fingerprint density at radius 2 is 1.80 bits per heavy atom. The van der Waals surface area contributed by atoms with Gasteiger partial charge in [-0.25, -0.2) is 4.98 Å². The van der Waals surface area contributed by atoms with Gasteiger partial charge in [0.25, 0.3) is 5.56 Å². The number of nitrogens with zero attached hydrogens (tertiary/aromatic N) is 1. The first-order valence-corrected chi connectivity index (χ1v) is 7.00. The van der Waals surface area contributed by atoms with E-state index in [0.717, 1.165) is 41.5 Å². The summed E-state index contributed by atoms with van der Waals surface area (Å²) in [5, 5.41) is 6.92. The zero-order chi connectivity index (χ0) is 13.7. The number of aromatic nitrogens is 3. The fraction of sp³-hybridized carbons (Fsp3) is 0.200. The number of pyridine rings is 1. The van der Waals surface area contributed by atoms with Gasteiger partial charge in [-0.1, -0.05) is 23.7 Å². The lowest BCUT2D eigenvalue weighted by atomic mass is 10.0. The van der Waals surface area contributed by atoms with E-state index in [0.29, 0.717) is 10.7 Å². The van der Waals surface area contributed by atoms with E-state index < -0.39 is 0 Å². The van der Waals surface area contributed by atoms with Crippen molar-refractivity contribution in [2.45, 2.75) is 19.3 Å². The Morgan fingerprint density at radius 3 is 2.60 bits per heavy atom. The van der Waals surface area contributed by atoms with Gasteiger partial charge < -0.3 is 0 Å². The van der Waals surface area contributed by atoms with Crippen LogP contribution >= 0.6 is 11.6 Å². The highest BCUT2D eigenvalue weighted by atomic mass is 35.5. The molecule has 3 aromatic rings. The van der Waals surface area contributed by atoms with Crippen molar-refractivity contribution in [3.05, 3.63) is 50.8 Å². The van der Waals surface area contributed by atoms with E-state index in [4.69, 9.17) is 11.6 Å². The van der Waals surface area contributed by atoms with Gasteiger partial charge in [0.15, 0.2) is 5.65 Å². The molecule has 5 heteroatoms. The molecule has 0 saturated carbocycles. The van der Waals surface area contributed by atoms with Gasteiger partial charge >= 0.3 is 0 Å². The third kappa shape index (κ3) is 1.61. The van der Waals surface area contributed by atoms with E-state index in [-0.39, 0.29) is 5.56 Å². The Labute approximate surface area is 119 Å². The highest BCUT2D eigenvalue weighted by molar-refractivity contribution is 6.30. The van der Waals surface area contributed by atoms with Crippen molar-refractivity contribution >= 4 is 22.6 Å². The number of H-pyrrole nitrogens is 2. The van der Waals surface area contributed by atoms with Gasteiger partial charge in [-0.3, -0.25) is 15.0 Å². The van der Waals surface area contributed by atoms with Crippen LogP contribution in [0.4, 0.5) is 0 Å². The average Bonchev–Trinajstić information content (AvgIpc) is 3.05. The van der Waals surface area contributed by atoms with Crippen LogP contribution in [0.1, 0.15) is 17.5 Å². The first kappa shape index (κ1) is 11.7. The summed E-state index contributed by atoms with van der Waals surface area (Å²) in [4.78, 5) is 16.5. The van der Waals surface area contributed by atoms with Crippen LogP contribution in [0.15, 0.2) is 29.1 Å². The van der Waals surface area contributed by atoms with Crippen molar-refractivity contribution in [3.8, 4) is 11.3 Å². The number of fused-ring (bicyclic) bond motifs is 3. The van der Waals surface area contributed by atoms with Crippen LogP contribution in [-0.4, -0.2) is 15.2 Å². The van der Waals surface area contributed by atoms with Crippen LogP contribution in [0.25, 0.3) is 22.3 Å². The molecule has 1 aliphatic carbocycles. The van der Waals surface area contributed by atoms with Gasteiger partial charge in [0.1, 0.15) is 0 Å². The minimum absolute atomic E-state index is 0.0756. The quantitative estimate of drug-likeness (QED) is 0.722. The number of aryl methyl sites for hydroxylation is 1. The number of halogens is 1. The number of nitrogens with one attached hydrogen (secondary N) is 2. The normalized spacial score (nSPS) is 13.8. The van der Waals surface area contributed by atoms with Crippen LogP contribution in [-0.2, 0) is 12.8 Å². The van der Waals surface area contributed by atoms with Gasteiger partial charge in [-0.2, -0.15) is 0 Å². The zero-order valence-corrected chi connectivity index (χ0v) is 11.4. The summed E-state index contributed by atoms with van der Waals surface area (Å²) < 4.78 is 0. The molecule has 0 saturated heterocycles. The average molecular weight is 286 g/mol. The molecular formula is C15H12ClN3O. The van der Waals surface area contributed by atoms with E-state index in [1.165, 1.54) is 5.56 Å². The predicted molar refractivity (Wildman–Crippen MR) is 79.2 cm³/mol. The summed E-state index contributed by atoms with van der Waals surface area (Å²) in [6.07, 6.45) is 2.98. The fourth-order valence-corrected chi connectivity index (χ4v) is 3.15. The molecule has 2 heterocycles. The van der Waals surface area contributed by atoms with Gasteiger partial charge in [0.2, 0.25) is 0 Å². The lowest BCUT2D eigenvalue weighted by Gasteiger charge is -2.08. The second-order valence-electron chi connectivity index (χ2n) is 5.08. The molecular weight excluding hydrogens is 274 g/mol. The summed E-state index contributed by atoms with van der Waals surface area (Å²) in [6, 6.07) is 7.67. The number of hydrogen-bond acceptors (Lipinski definition) is 2. The maximum Gasteiger partial charge on any atom is 0.273 e. The molecule has 0 radical (unpaired) electrons. The minimum atomic E-state index is -0.0756. The predicted octanol–water partition coefficient (Wildman–Crippen LogP) is 3.06. The topological polar surface area (TPSA) is 61.5 Å². The highest BCUT2D eigenvalue weighted by Gasteiger charge is 2.22. The van der Waals surface area contributed by atoms with Crippen molar-refractivity contribution in [2.75, 3.05) is 0 Å². The number of rotatable bonds is 1. The zero-order valence-electron chi connectivity index (χ0n) is 10.7. The van der Waals surface area contributed by atoms with Gasteiger partial charge in [0.05, 0.1) is 11.1 Å². The van der Waals surface area contributed by atoms with Crippen LogP contribution in [0, 0.1) is 0 Å². The third-order valence-corrected chi connectivity index (χ3v) is 4.16. The monoisotopic (exact) mass is 285 g/mol. The SMILES string of the molecule is O=c1[nH][nH]c2nc(-c3ccc(Cl)cc3)c3c(c12)CCC3. The standard InChI is InChI=1S/C15H12ClN3O/c16-9-6-4-8(5-7-9)13-11-3-1-2-10(11)12-14(17-13)18-19-15(12)20/h4-7H,1-3H2,(H2,17,18,19,20). The molecule has 0 amide bonds. The molecule has 0 unspecified atom stereocenters. The summed E-state index contributed by atoms with van der Waals surface area (Å²) in [5.41, 5.74) is 4.90. The van der Waals surface area contributed by atoms with E-state index in [2.05, 4.69) is 15.2 Å². The molecule has 2 aromatic heterocycles. The van der Waals surface area contributed by atoms with Crippen LogP contribution < -0.4 is 5.56 Å². The molecule has 20 heavy (non-hydrogen) atoms. The number of hydrogen-bond donors (Lipinski definition) is 2. The molecule has 0 bridgehead atoms. The summed E-state index contributed by atoms with van der Waals surface area (Å²) >= 11 is 5.94. The smallest absolute Gasteiger partial charge is 0.273 e. The van der Waals surface area contributed by atoms with Gasteiger partial charge in [0, 0.05) is 10.6 Å². The molecule has 2 N–H and O–H groups in total. The summed E-state index contributed by atoms with van der Waals surface area (Å²) in [6.45, 7) is 0. The third-order valence-electron chi connectivity index (χ3n) is 3.91. The Hall–Kier alpha value is -2.07. The molecule has 4 rings (SSSR count). The molecule has 4 nitrogen and oxygen atoms in total. The Kier molecular flexibility index (Phi) is 2.47. The second-order valence-corrected chi connectivity index (χ2v) is 5.52.